The highest BCUT2D eigenvalue weighted by molar-refractivity contribution is 5.72. The molecular formula is C12H17NO5. The van der Waals surface area contributed by atoms with Gasteiger partial charge in [0.1, 0.15) is 11.8 Å². The lowest BCUT2D eigenvalue weighted by Gasteiger charge is -2.09. The van der Waals surface area contributed by atoms with Crippen LogP contribution in [0, 0.1) is 0 Å². The second-order valence-electron chi connectivity index (χ2n) is 3.63. The Morgan fingerprint density at radius 3 is 2.06 bits per heavy atom. The molecule has 0 saturated carbocycles. The van der Waals surface area contributed by atoms with Crippen LogP contribution in [0.2, 0.25) is 0 Å². The second kappa shape index (κ2) is 8.08. The summed E-state index contributed by atoms with van der Waals surface area (Å²) in [6.07, 6.45) is -0.799. The molecule has 4 N–H and O–H groups in total. The van der Waals surface area contributed by atoms with Crippen LogP contribution < -0.4 is 15.6 Å². The molecule has 0 radical (unpaired) electrons. The third-order valence-electron chi connectivity index (χ3n) is 1.81. The predicted octanol–water partition coefficient (Wildman–Crippen LogP) is -1.09. The number of carbonyl (C=O) groups is 2. The Balaban J connectivity index is 0.000000411. The molecule has 0 aliphatic heterocycles. The molecule has 100 valence electrons. The van der Waals surface area contributed by atoms with Crippen LogP contribution in [0.15, 0.2) is 30.3 Å². The molecule has 1 aromatic rings. The first-order valence-electron chi connectivity index (χ1n) is 5.33. The summed E-state index contributed by atoms with van der Waals surface area (Å²) in [6, 6.07) is 8.29. The van der Waals surface area contributed by atoms with E-state index in [1.54, 1.807) is 24.3 Å². The van der Waals surface area contributed by atoms with Crippen LogP contribution in [0.4, 0.5) is 0 Å². The van der Waals surface area contributed by atoms with E-state index in [-0.39, 0.29) is 0 Å². The van der Waals surface area contributed by atoms with E-state index >= 15 is 0 Å². The number of carboxylic acids is 2. The van der Waals surface area contributed by atoms with E-state index in [9.17, 15) is 14.7 Å². The van der Waals surface area contributed by atoms with Gasteiger partial charge >= 0.3 is 5.97 Å². The number of quaternary nitrogens is 1. The van der Waals surface area contributed by atoms with Crippen molar-refractivity contribution in [1.29, 1.82) is 0 Å². The van der Waals surface area contributed by atoms with Crippen LogP contribution >= 0.6 is 0 Å². The number of benzene rings is 1. The molecule has 0 unspecified atom stereocenters. The summed E-state index contributed by atoms with van der Waals surface area (Å²) in [7, 11) is 0. The Morgan fingerprint density at radius 1 is 1.28 bits per heavy atom. The summed E-state index contributed by atoms with van der Waals surface area (Å²) in [5, 5.41) is 18.0. The van der Waals surface area contributed by atoms with E-state index < -0.39 is 24.1 Å². The van der Waals surface area contributed by atoms with Crippen molar-refractivity contribution in [3.63, 3.8) is 0 Å². The number of carboxylic acid groups (broad SMARTS) is 2. The molecule has 6 heteroatoms. The van der Waals surface area contributed by atoms with Crippen LogP contribution in [0.1, 0.15) is 13.8 Å². The normalized spacial score (nSPS) is 12.6. The van der Waals surface area contributed by atoms with Crippen LogP contribution in [-0.2, 0) is 9.59 Å². The first-order valence-corrected chi connectivity index (χ1v) is 5.33. The number of aliphatic carboxylic acids is 2. The zero-order valence-electron chi connectivity index (χ0n) is 10.3. The Kier molecular flexibility index (Phi) is 7.14. The number of para-hydroxylation sites is 1. The summed E-state index contributed by atoms with van der Waals surface area (Å²) >= 11 is 0. The van der Waals surface area contributed by atoms with Crippen molar-refractivity contribution in [2.24, 2.45) is 0 Å². The van der Waals surface area contributed by atoms with Crippen LogP contribution in [0.25, 0.3) is 0 Å². The fraction of sp³-hybridized carbons (Fsp3) is 0.333. The maximum Gasteiger partial charge on any atom is 0.344 e. The Labute approximate surface area is 105 Å². The van der Waals surface area contributed by atoms with E-state index in [4.69, 9.17) is 9.84 Å². The molecule has 0 amide bonds. The van der Waals surface area contributed by atoms with Crippen LogP contribution in [0.3, 0.4) is 0 Å². The smallest absolute Gasteiger partial charge is 0.344 e. The first-order chi connectivity index (χ1) is 8.34. The van der Waals surface area contributed by atoms with E-state index in [1.165, 1.54) is 13.8 Å². The SMILES string of the molecule is C[C@H](Oc1ccccc1)C(=O)O.C[C@H]([NH3+])C(=O)[O-]. The van der Waals surface area contributed by atoms with E-state index in [0.717, 1.165) is 0 Å². The number of rotatable bonds is 4. The predicted molar refractivity (Wildman–Crippen MR) is 61.5 cm³/mol. The van der Waals surface area contributed by atoms with Gasteiger partial charge in [-0.2, -0.15) is 0 Å². The van der Waals surface area contributed by atoms with Crippen molar-refractivity contribution in [2.75, 3.05) is 0 Å². The molecule has 0 spiro atoms. The van der Waals surface area contributed by atoms with E-state index in [1.807, 2.05) is 6.07 Å². The van der Waals surface area contributed by atoms with Gasteiger partial charge in [0.15, 0.2) is 6.10 Å². The summed E-state index contributed by atoms with van der Waals surface area (Å²) in [4.78, 5) is 19.9. The van der Waals surface area contributed by atoms with Crippen molar-refractivity contribution in [2.45, 2.75) is 26.0 Å². The third kappa shape index (κ3) is 7.24. The highest BCUT2D eigenvalue weighted by Crippen LogP contribution is 2.10. The molecule has 0 aromatic heterocycles. The molecular weight excluding hydrogens is 238 g/mol. The summed E-state index contributed by atoms with van der Waals surface area (Å²) < 4.78 is 5.08. The Bertz CT molecular complexity index is 377. The second-order valence-corrected chi connectivity index (χ2v) is 3.63. The zero-order chi connectivity index (χ0) is 14.1. The average molecular weight is 255 g/mol. The van der Waals surface area contributed by atoms with Crippen molar-refractivity contribution >= 4 is 11.9 Å². The first kappa shape index (κ1) is 15.9. The fourth-order valence-electron chi connectivity index (χ4n) is 0.754. The van der Waals surface area contributed by atoms with Gasteiger partial charge < -0.3 is 25.5 Å². The monoisotopic (exact) mass is 255 g/mol. The van der Waals surface area contributed by atoms with Gasteiger partial charge in [0, 0.05) is 0 Å². The quantitative estimate of drug-likeness (QED) is 0.709. The Morgan fingerprint density at radius 2 is 1.72 bits per heavy atom. The van der Waals surface area contributed by atoms with Crippen molar-refractivity contribution in [1.82, 2.24) is 0 Å². The molecule has 0 aliphatic carbocycles. The molecule has 18 heavy (non-hydrogen) atoms. The van der Waals surface area contributed by atoms with Gasteiger partial charge in [-0.25, -0.2) is 4.79 Å². The maximum atomic E-state index is 10.4. The van der Waals surface area contributed by atoms with Crippen molar-refractivity contribution in [3.8, 4) is 5.75 Å². The largest absolute Gasteiger partial charge is 0.544 e. The van der Waals surface area contributed by atoms with Crippen LogP contribution in [-0.4, -0.2) is 29.2 Å². The lowest BCUT2D eigenvalue weighted by atomic mass is 10.3. The minimum absolute atomic E-state index is 0.576. The lowest BCUT2D eigenvalue weighted by molar-refractivity contribution is -0.432. The molecule has 0 fully saturated rings. The van der Waals surface area contributed by atoms with Gasteiger partial charge in [0.2, 0.25) is 0 Å². The fourth-order valence-corrected chi connectivity index (χ4v) is 0.754. The Hall–Kier alpha value is -2.08. The maximum absolute atomic E-state index is 10.4. The standard InChI is InChI=1S/C9H10O3.C3H7NO2/c1-7(9(10)11)12-8-5-3-2-4-6-8;1-2(4)3(5)6/h2-7H,1H3,(H,10,11);2H,4H2,1H3,(H,5,6)/t7-;2-/m00/s1. The molecule has 0 heterocycles. The van der Waals surface area contributed by atoms with Crippen LogP contribution in [0.5, 0.6) is 5.75 Å². The summed E-state index contributed by atoms with van der Waals surface area (Å²) in [6.45, 7) is 2.96. The summed E-state index contributed by atoms with van der Waals surface area (Å²) in [5.41, 5.74) is 3.18. The number of ether oxygens (including phenoxy) is 1. The minimum Gasteiger partial charge on any atom is -0.544 e. The number of hydrogen-bond acceptors (Lipinski definition) is 4. The highest BCUT2D eigenvalue weighted by atomic mass is 16.5. The topological polar surface area (TPSA) is 114 Å². The average Bonchev–Trinajstić information content (AvgIpc) is 2.30. The molecule has 0 saturated heterocycles. The lowest BCUT2D eigenvalue weighted by Crippen LogP contribution is -2.66. The van der Waals surface area contributed by atoms with Gasteiger partial charge in [-0.1, -0.05) is 18.2 Å². The highest BCUT2D eigenvalue weighted by Gasteiger charge is 2.11. The molecule has 0 bridgehead atoms. The van der Waals surface area contributed by atoms with E-state index in [0.29, 0.717) is 5.75 Å². The molecule has 6 nitrogen and oxygen atoms in total. The summed E-state index contributed by atoms with van der Waals surface area (Å²) in [5.74, 6) is -1.48. The number of carbonyl (C=O) groups excluding carboxylic acids is 1. The third-order valence-corrected chi connectivity index (χ3v) is 1.81. The van der Waals surface area contributed by atoms with Gasteiger partial charge in [0.05, 0.1) is 5.97 Å². The molecule has 1 aromatic carbocycles. The minimum atomic E-state index is -1.10. The molecule has 1 rings (SSSR count). The van der Waals surface area contributed by atoms with E-state index in [2.05, 4.69) is 5.73 Å². The van der Waals surface area contributed by atoms with Gasteiger partial charge in [-0.3, -0.25) is 0 Å². The molecule has 2 atom stereocenters. The van der Waals surface area contributed by atoms with Gasteiger partial charge in [-0.05, 0) is 26.0 Å². The zero-order valence-corrected chi connectivity index (χ0v) is 10.3. The van der Waals surface area contributed by atoms with Gasteiger partial charge in [0.25, 0.3) is 0 Å². The van der Waals surface area contributed by atoms with Crippen molar-refractivity contribution in [3.05, 3.63) is 30.3 Å². The number of hydrogen-bond donors (Lipinski definition) is 2. The molecule has 0 aliphatic rings. The van der Waals surface area contributed by atoms with Gasteiger partial charge in [-0.15, -0.1) is 0 Å². The van der Waals surface area contributed by atoms with Crippen molar-refractivity contribution < 1.29 is 30.3 Å².